The summed E-state index contributed by atoms with van der Waals surface area (Å²) in [4.78, 5) is 118. The van der Waals surface area contributed by atoms with Gasteiger partial charge in [-0.3, -0.25) is 43.4 Å². The monoisotopic (exact) mass is 812 g/mol. The zero-order chi connectivity index (χ0) is 38.6. The molecule has 4 heterocycles. The number of ether oxygens (including phenoxy) is 2. The van der Waals surface area contributed by atoms with Gasteiger partial charge < -0.3 is 40.2 Å². The number of carboxylic acids is 1. The number of hydrogen-bond acceptors (Lipinski definition) is 17. The van der Waals surface area contributed by atoms with E-state index in [0.717, 1.165) is 42.6 Å². The number of nitrogens with one attached hydrogen (secondary N) is 3. The molecule has 0 aliphatic carbocycles. The molecule has 0 spiro atoms. The van der Waals surface area contributed by atoms with Crippen LogP contribution in [-0.2, 0) is 38.4 Å². The van der Waals surface area contributed by atoms with Gasteiger partial charge in [0.25, 0.3) is 5.91 Å². The predicted octanol–water partition coefficient (Wildman–Crippen LogP) is -4.90. The largest absolute Gasteiger partial charge is 1.00 e. The third kappa shape index (κ3) is 8.55. The van der Waals surface area contributed by atoms with E-state index in [1.54, 1.807) is 6.92 Å². The maximum absolute atomic E-state index is 14.2. The summed E-state index contributed by atoms with van der Waals surface area (Å²) in [7, 11) is 0. The van der Waals surface area contributed by atoms with Gasteiger partial charge >= 0.3 is 59.3 Å². The Hall–Kier alpha value is -4.55. The summed E-state index contributed by atoms with van der Waals surface area (Å²) in [6.45, 7) is 3.75. The van der Waals surface area contributed by atoms with E-state index in [1.165, 1.54) is 39.6 Å². The Labute approximate surface area is 340 Å². The zero-order valence-electron chi connectivity index (χ0n) is 28.9. The number of thioether (sulfide) groups is 2. The SMILES string of the molecule is CCN1CCN(C(=O)NC(C(=O)N[C@]2(NC=O)C(=O)N3C(C(=O)[O-])=C(CSc4nncs4)CS[C@@H]32)c2ccc(OC(C)=O)c(OC(C)=O)c2)C(=O)C1=O.[Na+]. The summed E-state index contributed by atoms with van der Waals surface area (Å²) in [6, 6.07) is 0.408. The molecule has 24 heteroatoms. The van der Waals surface area contributed by atoms with Gasteiger partial charge in [-0.05, 0) is 30.2 Å². The number of carbonyl (C=O) groups excluding carboxylic acids is 9. The van der Waals surface area contributed by atoms with Crippen molar-refractivity contribution in [3.8, 4) is 11.5 Å². The minimum absolute atomic E-state index is 0. The number of likely N-dealkylation sites (N-methyl/N-ethyl adjacent to an activating group) is 1. The normalized spacial score (nSPS) is 19.8. The fourth-order valence-corrected chi connectivity index (χ4v) is 8.64. The Kier molecular flexibility index (Phi) is 13.8. The molecule has 2 fully saturated rings. The van der Waals surface area contributed by atoms with Gasteiger partial charge in [-0.2, -0.15) is 0 Å². The Balaban J connectivity index is 0.00000650. The molecule has 2 aromatic rings. The van der Waals surface area contributed by atoms with Gasteiger partial charge in [0.1, 0.15) is 16.9 Å². The third-order valence-electron chi connectivity index (χ3n) is 7.94. The van der Waals surface area contributed by atoms with Crippen LogP contribution < -0.4 is 60.1 Å². The van der Waals surface area contributed by atoms with E-state index in [1.807, 2.05) is 0 Å². The Morgan fingerprint density at radius 3 is 2.41 bits per heavy atom. The van der Waals surface area contributed by atoms with E-state index >= 15 is 0 Å². The molecule has 3 N–H and O–H groups in total. The quantitative estimate of drug-likeness (QED) is 0.0250. The number of urea groups is 1. The molecule has 7 amide bonds. The number of rotatable bonds is 13. The molecule has 54 heavy (non-hydrogen) atoms. The van der Waals surface area contributed by atoms with Gasteiger partial charge in [0.2, 0.25) is 18.0 Å². The summed E-state index contributed by atoms with van der Waals surface area (Å²) >= 11 is 3.43. The van der Waals surface area contributed by atoms with Crippen LogP contribution in [0.3, 0.4) is 0 Å². The molecule has 0 bridgehead atoms. The molecular weight excluding hydrogens is 784 g/mol. The summed E-state index contributed by atoms with van der Waals surface area (Å²) in [6.07, 6.45) is 0.122. The van der Waals surface area contributed by atoms with E-state index in [2.05, 4.69) is 26.1 Å². The molecule has 20 nitrogen and oxygen atoms in total. The number of carbonyl (C=O) groups is 9. The second kappa shape index (κ2) is 17.7. The molecular formula is C30H29N8NaO12S3. The second-order valence-corrected chi connectivity index (χ2v) is 14.4. The number of aliphatic carboxylic acids is 1. The molecule has 3 aliphatic rings. The number of benzene rings is 1. The smallest absolute Gasteiger partial charge is 0.543 e. The van der Waals surface area contributed by atoms with Crippen molar-refractivity contribution < 1.29 is 87.3 Å². The molecule has 0 saturated carbocycles. The first-order valence-electron chi connectivity index (χ1n) is 15.4. The minimum Gasteiger partial charge on any atom is -0.543 e. The molecule has 1 unspecified atom stereocenters. The fraction of sp³-hybridized carbons (Fsp3) is 0.367. The number of carboxylic acid groups (broad SMARTS) is 1. The molecule has 3 aliphatic heterocycles. The summed E-state index contributed by atoms with van der Waals surface area (Å²) in [5.74, 6) is -8.11. The van der Waals surface area contributed by atoms with Crippen LogP contribution in [-0.4, -0.2) is 121 Å². The molecule has 2 saturated heterocycles. The average molecular weight is 813 g/mol. The topological polar surface area (TPSA) is 267 Å². The maximum atomic E-state index is 14.2. The maximum Gasteiger partial charge on any atom is 1.00 e. The number of fused-ring (bicyclic) bond motifs is 1. The summed E-state index contributed by atoms with van der Waals surface area (Å²) < 4.78 is 10.8. The number of β-lactam (4-membered cyclic amide) rings is 1. The van der Waals surface area contributed by atoms with Crippen molar-refractivity contribution in [1.82, 2.24) is 40.8 Å². The zero-order valence-corrected chi connectivity index (χ0v) is 33.4. The standard InChI is InChI=1S/C30H30N8O12S3.Na/c1-4-36-7-8-37(24(44)23(36)43)28(48)33-20(16-5-6-18(49-14(2)40)19(9-16)50-15(3)41)22(42)34-30(31-12-39)26(47)38-21(25(45)46)17(10-51-27(30)38)11-52-29-35-32-13-53-29;/h5-6,9,12-13,20,27H,4,7-8,10-11H2,1-3H3,(H,31,39)(H,33,48)(H,34,42)(H,45,46);/q;+1/p-1/t20?,27-,30-;/m1./s1. The number of esters is 2. The number of nitrogens with zero attached hydrogens (tertiary/aromatic N) is 5. The van der Waals surface area contributed by atoms with E-state index < -0.39 is 70.3 Å². The van der Waals surface area contributed by atoms with Gasteiger partial charge in [-0.25, -0.2) is 4.79 Å². The van der Waals surface area contributed by atoms with Crippen LogP contribution in [0.5, 0.6) is 11.5 Å². The molecule has 3 atom stereocenters. The number of amides is 7. The van der Waals surface area contributed by atoms with E-state index in [0.29, 0.717) is 14.8 Å². The molecule has 5 rings (SSSR count). The first kappa shape index (κ1) is 42.2. The van der Waals surface area contributed by atoms with Gasteiger partial charge in [0.05, 0.1) is 11.7 Å². The van der Waals surface area contributed by atoms with Crippen molar-refractivity contribution in [2.24, 2.45) is 0 Å². The van der Waals surface area contributed by atoms with Crippen molar-refractivity contribution in [3.63, 3.8) is 0 Å². The third-order valence-corrected chi connectivity index (χ3v) is 11.3. The van der Waals surface area contributed by atoms with Crippen LogP contribution in [0.1, 0.15) is 32.4 Å². The molecule has 280 valence electrons. The summed E-state index contributed by atoms with van der Waals surface area (Å²) in [5.41, 5.74) is -1.04. The van der Waals surface area contributed by atoms with E-state index in [9.17, 15) is 48.3 Å². The van der Waals surface area contributed by atoms with Crippen LogP contribution in [0.15, 0.2) is 39.3 Å². The first-order valence-corrected chi connectivity index (χ1v) is 18.4. The Morgan fingerprint density at radius 2 is 1.80 bits per heavy atom. The van der Waals surface area contributed by atoms with Gasteiger partial charge in [0, 0.05) is 45.0 Å². The Bertz CT molecular complexity index is 1930. The minimum atomic E-state index is -2.25. The molecule has 0 radical (unpaired) electrons. The van der Waals surface area contributed by atoms with E-state index in [4.69, 9.17) is 9.47 Å². The van der Waals surface area contributed by atoms with Crippen LogP contribution >= 0.6 is 34.9 Å². The predicted molar refractivity (Wildman–Crippen MR) is 180 cm³/mol. The van der Waals surface area contributed by atoms with Crippen molar-refractivity contribution >= 4 is 88.8 Å². The molecule has 1 aromatic carbocycles. The average Bonchev–Trinajstić information content (AvgIpc) is 3.64. The van der Waals surface area contributed by atoms with Gasteiger partial charge in [-0.15, -0.1) is 22.0 Å². The van der Waals surface area contributed by atoms with Crippen LogP contribution in [0.2, 0.25) is 0 Å². The van der Waals surface area contributed by atoms with Crippen molar-refractivity contribution in [1.29, 1.82) is 0 Å². The molecule has 1 aromatic heterocycles. The Morgan fingerprint density at radius 1 is 1.09 bits per heavy atom. The van der Waals surface area contributed by atoms with Gasteiger partial charge in [-0.1, -0.05) is 29.2 Å². The number of aromatic nitrogens is 2. The summed E-state index contributed by atoms with van der Waals surface area (Å²) in [5, 5.41) is 25.8. The van der Waals surface area contributed by atoms with Gasteiger partial charge in [0.15, 0.2) is 15.8 Å². The second-order valence-electron chi connectivity index (χ2n) is 11.2. The van der Waals surface area contributed by atoms with Crippen LogP contribution in [0, 0.1) is 0 Å². The number of imide groups is 1. The number of piperazine rings is 1. The number of hydrogen-bond donors (Lipinski definition) is 3. The van der Waals surface area contributed by atoms with Crippen molar-refractivity contribution in [2.45, 2.75) is 42.2 Å². The fourth-order valence-electron chi connectivity index (χ4n) is 5.59. The van der Waals surface area contributed by atoms with Crippen molar-refractivity contribution in [3.05, 3.63) is 40.5 Å². The van der Waals surface area contributed by atoms with Crippen LogP contribution in [0.25, 0.3) is 0 Å². The first-order chi connectivity index (χ1) is 25.2. The van der Waals surface area contributed by atoms with Crippen LogP contribution in [0.4, 0.5) is 4.79 Å². The van der Waals surface area contributed by atoms with E-state index in [-0.39, 0.29) is 84.2 Å². The van der Waals surface area contributed by atoms with Crippen molar-refractivity contribution in [2.75, 3.05) is 31.1 Å².